The summed E-state index contributed by atoms with van der Waals surface area (Å²) in [6.07, 6.45) is 2.92. The fourth-order valence-corrected chi connectivity index (χ4v) is 4.06. The Balaban J connectivity index is 1.41. The van der Waals surface area contributed by atoms with Gasteiger partial charge in [-0.15, -0.1) is 0 Å². The van der Waals surface area contributed by atoms with E-state index >= 15 is 0 Å². The molecule has 3 amide bonds. The first-order chi connectivity index (χ1) is 14.6. The van der Waals surface area contributed by atoms with E-state index in [0.717, 1.165) is 30.6 Å². The van der Waals surface area contributed by atoms with Gasteiger partial charge in [0.05, 0.1) is 16.6 Å². The van der Waals surface area contributed by atoms with Crippen LogP contribution in [-0.4, -0.2) is 47.1 Å². The lowest BCUT2D eigenvalue weighted by molar-refractivity contribution is 0.0964. The fourth-order valence-electron chi connectivity index (χ4n) is 4.06. The summed E-state index contributed by atoms with van der Waals surface area (Å²) in [6, 6.07) is 11.1. The molecule has 0 bridgehead atoms. The van der Waals surface area contributed by atoms with Gasteiger partial charge in [-0.25, -0.2) is 9.78 Å². The van der Waals surface area contributed by atoms with Crippen LogP contribution in [0.5, 0.6) is 0 Å². The standard InChI is InChI=1S/C22H23N5O3/c1-23-20(28)16-11-17(13-7-8-13)25-21-18(16)19(26-30-21)14-9-10-27(12-14)22(29)24-15-5-3-2-4-6-15/h2-6,11,13-14H,7-10,12H2,1H3,(H,23,28)(H,24,29). The SMILES string of the molecule is CNC(=O)c1cc(C2CC2)nc2onc(C3CCN(C(=O)Nc4ccccc4)C3)c12. The predicted octanol–water partition coefficient (Wildman–Crippen LogP) is 3.48. The molecule has 1 aliphatic heterocycles. The molecule has 3 aromatic rings. The van der Waals surface area contributed by atoms with Crippen LogP contribution in [0.15, 0.2) is 40.9 Å². The number of amides is 3. The molecule has 8 heteroatoms. The zero-order chi connectivity index (χ0) is 20.7. The van der Waals surface area contributed by atoms with Crippen LogP contribution in [-0.2, 0) is 0 Å². The maximum Gasteiger partial charge on any atom is 0.321 e. The average molecular weight is 405 g/mol. The summed E-state index contributed by atoms with van der Waals surface area (Å²) in [7, 11) is 1.61. The zero-order valence-electron chi connectivity index (χ0n) is 16.7. The van der Waals surface area contributed by atoms with Crippen molar-refractivity contribution in [3.05, 3.63) is 53.3 Å². The van der Waals surface area contributed by atoms with Crippen LogP contribution in [0.25, 0.3) is 11.1 Å². The number of pyridine rings is 1. The van der Waals surface area contributed by atoms with Crippen molar-refractivity contribution in [3.8, 4) is 0 Å². The normalized spacial score (nSPS) is 18.6. The Morgan fingerprint density at radius 3 is 2.67 bits per heavy atom. The van der Waals surface area contributed by atoms with Crippen molar-refractivity contribution in [2.75, 3.05) is 25.5 Å². The summed E-state index contributed by atoms with van der Waals surface area (Å²) in [5.74, 6) is 0.213. The van der Waals surface area contributed by atoms with Gasteiger partial charge in [0.2, 0.25) is 0 Å². The van der Waals surface area contributed by atoms with Gasteiger partial charge in [0, 0.05) is 43.4 Å². The number of anilines is 1. The molecule has 1 unspecified atom stereocenters. The monoisotopic (exact) mass is 405 g/mol. The highest BCUT2D eigenvalue weighted by Gasteiger charge is 2.34. The minimum atomic E-state index is -0.176. The van der Waals surface area contributed by atoms with Crippen molar-refractivity contribution in [3.63, 3.8) is 0 Å². The number of likely N-dealkylation sites (tertiary alicyclic amines) is 1. The Hall–Kier alpha value is -3.42. The van der Waals surface area contributed by atoms with E-state index in [4.69, 9.17) is 4.52 Å². The number of carbonyl (C=O) groups is 2. The summed E-state index contributed by atoms with van der Waals surface area (Å²) < 4.78 is 5.55. The molecule has 5 rings (SSSR count). The van der Waals surface area contributed by atoms with Gasteiger partial charge in [0.1, 0.15) is 0 Å². The second-order valence-corrected chi connectivity index (χ2v) is 7.92. The quantitative estimate of drug-likeness (QED) is 0.692. The van der Waals surface area contributed by atoms with Gasteiger partial charge in [0.25, 0.3) is 11.6 Å². The lowest BCUT2D eigenvalue weighted by Gasteiger charge is -2.17. The number of benzene rings is 1. The highest BCUT2D eigenvalue weighted by atomic mass is 16.5. The van der Waals surface area contributed by atoms with Crippen molar-refractivity contribution in [2.24, 2.45) is 0 Å². The second kappa shape index (κ2) is 7.44. The van der Waals surface area contributed by atoms with Crippen LogP contribution in [0.3, 0.4) is 0 Å². The van der Waals surface area contributed by atoms with Crippen molar-refractivity contribution < 1.29 is 14.1 Å². The molecule has 0 spiro atoms. The van der Waals surface area contributed by atoms with E-state index in [0.29, 0.717) is 41.4 Å². The van der Waals surface area contributed by atoms with Crippen LogP contribution in [0.1, 0.15) is 52.8 Å². The van der Waals surface area contributed by atoms with Gasteiger partial charge in [-0.2, -0.15) is 0 Å². The first-order valence-electron chi connectivity index (χ1n) is 10.3. The summed E-state index contributed by atoms with van der Waals surface area (Å²) in [4.78, 5) is 31.6. The van der Waals surface area contributed by atoms with Gasteiger partial charge < -0.3 is 20.1 Å². The van der Waals surface area contributed by atoms with Crippen LogP contribution in [0.2, 0.25) is 0 Å². The summed E-state index contributed by atoms with van der Waals surface area (Å²) in [6.45, 7) is 1.12. The van der Waals surface area contributed by atoms with E-state index in [1.165, 1.54) is 0 Å². The molecule has 2 aliphatic rings. The van der Waals surface area contributed by atoms with E-state index in [2.05, 4.69) is 20.8 Å². The molecule has 1 saturated carbocycles. The number of rotatable bonds is 4. The molecule has 1 aromatic carbocycles. The van der Waals surface area contributed by atoms with Crippen LogP contribution >= 0.6 is 0 Å². The number of nitrogens with one attached hydrogen (secondary N) is 2. The molecule has 2 aromatic heterocycles. The van der Waals surface area contributed by atoms with Crippen molar-refractivity contribution in [2.45, 2.75) is 31.1 Å². The predicted molar refractivity (Wildman–Crippen MR) is 112 cm³/mol. The number of hydrogen-bond donors (Lipinski definition) is 2. The molecule has 8 nitrogen and oxygen atoms in total. The van der Waals surface area contributed by atoms with Gasteiger partial charge in [0.15, 0.2) is 0 Å². The van der Waals surface area contributed by atoms with Crippen LogP contribution in [0.4, 0.5) is 10.5 Å². The smallest absolute Gasteiger partial charge is 0.321 e. The molecule has 1 atom stereocenters. The Bertz CT molecular complexity index is 1110. The molecule has 2 N–H and O–H groups in total. The highest BCUT2D eigenvalue weighted by Crippen LogP contribution is 2.41. The van der Waals surface area contributed by atoms with E-state index in [-0.39, 0.29) is 17.9 Å². The number of fused-ring (bicyclic) bond motifs is 1. The number of carbonyl (C=O) groups excluding carboxylic acids is 2. The zero-order valence-corrected chi connectivity index (χ0v) is 16.7. The fraction of sp³-hybridized carbons (Fsp3) is 0.364. The lowest BCUT2D eigenvalue weighted by Crippen LogP contribution is -2.32. The Morgan fingerprint density at radius 1 is 1.13 bits per heavy atom. The van der Waals surface area contributed by atoms with E-state index in [1.54, 1.807) is 11.9 Å². The third kappa shape index (κ3) is 3.38. The molecule has 30 heavy (non-hydrogen) atoms. The topological polar surface area (TPSA) is 100 Å². The van der Waals surface area contributed by atoms with Gasteiger partial charge >= 0.3 is 6.03 Å². The first kappa shape index (κ1) is 18.6. The minimum Gasteiger partial charge on any atom is -0.355 e. The number of hydrogen-bond acceptors (Lipinski definition) is 5. The summed E-state index contributed by atoms with van der Waals surface area (Å²) in [5.41, 5.74) is 3.30. The summed E-state index contributed by atoms with van der Waals surface area (Å²) in [5, 5.41) is 10.6. The largest absolute Gasteiger partial charge is 0.355 e. The van der Waals surface area contributed by atoms with Crippen molar-refractivity contribution in [1.82, 2.24) is 20.4 Å². The molecule has 154 valence electrons. The highest BCUT2D eigenvalue weighted by molar-refractivity contribution is 6.06. The van der Waals surface area contributed by atoms with Crippen LogP contribution in [0, 0.1) is 0 Å². The molecule has 2 fully saturated rings. The van der Waals surface area contributed by atoms with Gasteiger partial charge in [-0.1, -0.05) is 23.4 Å². The molecule has 1 aliphatic carbocycles. The Kier molecular flexibility index (Phi) is 4.61. The van der Waals surface area contributed by atoms with E-state index in [1.807, 2.05) is 36.4 Å². The lowest BCUT2D eigenvalue weighted by atomic mass is 9.98. The van der Waals surface area contributed by atoms with Gasteiger partial charge in [-0.05, 0) is 37.5 Å². The van der Waals surface area contributed by atoms with Crippen molar-refractivity contribution >= 4 is 28.7 Å². The molecule has 3 heterocycles. The Labute approximate surface area is 173 Å². The minimum absolute atomic E-state index is 0.00949. The second-order valence-electron chi connectivity index (χ2n) is 7.92. The van der Waals surface area contributed by atoms with E-state index < -0.39 is 0 Å². The number of urea groups is 1. The third-order valence-corrected chi connectivity index (χ3v) is 5.85. The third-order valence-electron chi connectivity index (χ3n) is 5.85. The van der Waals surface area contributed by atoms with Crippen molar-refractivity contribution in [1.29, 1.82) is 0 Å². The van der Waals surface area contributed by atoms with E-state index in [9.17, 15) is 9.59 Å². The molecular formula is C22H23N5O3. The summed E-state index contributed by atoms with van der Waals surface area (Å²) >= 11 is 0. The molecule has 0 radical (unpaired) electrons. The van der Waals surface area contributed by atoms with Gasteiger partial charge in [-0.3, -0.25) is 4.79 Å². The maximum atomic E-state index is 12.6. The first-order valence-corrected chi connectivity index (χ1v) is 10.3. The molecule has 1 saturated heterocycles. The maximum absolute atomic E-state index is 12.6. The molecular weight excluding hydrogens is 382 g/mol. The average Bonchev–Trinajstić information content (AvgIpc) is 3.35. The number of aromatic nitrogens is 2. The number of para-hydroxylation sites is 1. The Morgan fingerprint density at radius 2 is 1.93 bits per heavy atom. The van der Waals surface area contributed by atoms with Crippen LogP contribution < -0.4 is 10.6 Å². The number of nitrogens with zero attached hydrogens (tertiary/aromatic N) is 3.